The Hall–Kier alpha value is -1.95. The van der Waals surface area contributed by atoms with Crippen molar-refractivity contribution in [1.82, 2.24) is 15.0 Å². The molecule has 3 heterocycles. The zero-order chi connectivity index (χ0) is 19.2. The summed E-state index contributed by atoms with van der Waals surface area (Å²) >= 11 is 0. The van der Waals surface area contributed by atoms with Gasteiger partial charge in [0.25, 0.3) is 11.6 Å². The summed E-state index contributed by atoms with van der Waals surface area (Å²) in [6.45, 7) is 8.73. The van der Waals surface area contributed by atoms with Crippen molar-refractivity contribution in [2.45, 2.75) is 58.8 Å². The Morgan fingerprint density at radius 1 is 1.26 bits per heavy atom. The molecule has 6 nitrogen and oxygen atoms in total. The zero-order valence-corrected chi connectivity index (χ0v) is 16.6. The first-order valence-corrected chi connectivity index (χ1v) is 10.1. The first-order valence-electron chi connectivity index (χ1n) is 10.1. The van der Waals surface area contributed by atoms with Crippen LogP contribution in [-0.4, -0.2) is 40.6 Å². The van der Waals surface area contributed by atoms with E-state index in [1.54, 1.807) is 0 Å². The predicted octanol–water partition coefficient (Wildman–Crippen LogP) is 3.50. The van der Waals surface area contributed by atoms with E-state index < -0.39 is 0 Å². The molecule has 1 saturated carbocycles. The molecule has 1 saturated heterocycles. The Bertz CT molecular complexity index is 840. The average Bonchev–Trinajstić information content (AvgIpc) is 3.42. The van der Waals surface area contributed by atoms with Crippen LogP contribution >= 0.6 is 0 Å². The normalized spacial score (nSPS) is 19.0. The van der Waals surface area contributed by atoms with E-state index in [1.807, 2.05) is 11.0 Å². The molecular formula is C21H30N4O2. The molecule has 1 aliphatic carbocycles. The van der Waals surface area contributed by atoms with Crippen molar-refractivity contribution in [3.63, 3.8) is 0 Å². The Kier molecular flexibility index (Phi) is 4.70. The van der Waals surface area contributed by atoms with Gasteiger partial charge in [-0.2, -0.15) is 0 Å². The molecule has 146 valence electrons. The number of hydrogen-bond donors (Lipinski definition) is 1. The first kappa shape index (κ1) is 18.4. The molecule has 4 rings (SSSR count). The van der Waals surface area contributed by atoms with E-state index in [4.69, 9.17) is 10.3 Å². The highest BCUT2D eigenvalue weighted by atomic mass is 16.5. The number of pyridine rings is 1. The van der Waals surface area contributed by atoms with Crippen LogP contribution in [0, 0.1) is 11.3 Å². The first-order chi connectivity index (χ1) is 12.9. The van der Waals surface area contributed by atoms with Crippen LogP contribution in [0.3, 0.4) is 0 Å². The molecule has 1 amide bonds. The summed E-state index contributed by atoms with van der Waals surface area (Å²) in [6, 6.07) is 2.00. The van der Waals surface area contributed by atoms with Crippen molar-refractivity contribution < 1.29 is 9.32 Å². The van der Waals surface area contributed by atoms with E-state index in [0.717, 1.165) is 62.0 Å². The minimum Gasteiger partial charge on any atom is -0.339 e. The Balaban J connectivity index is 1.72. The van der Waals surface area contributed by atoms with Crippen molar-refractivity contribution in [2.75, 3.05) is 19.6 Å². The molecule has 2 fully saturated rings. The fourth-order valence-corrected chi connectivity index (χ4v) is 3.95. The van der Waals surface area contributed by atoms with Gasteiger partial charge < -0.3 is 15.2 Å². The van der Waals surface area contributed by atoms with Gasteiger partial charge in [0.2, 0.25) is 0 Å². The zero-order valence-electron chi connectivity index (χ0n) is 16.6. The molecule has 0 atom stereocenters. The largest absolute Gasteiger partial charge is 0.339 e. The second-order valence-electron chi connectivity index (χ2n) is 9.39. The number of amides is 1. The number of rotatable bonds is 4. The lowest BCUT2D eigenvalue weighted by atomic mass is 9.89. The molecule has 0 spiro atoms. The van der Waals surface area contributed by atoms with Crippen LogP contribution in [0.15, 0.2) is 10.6 Å². The minimum atomic E-state index is 0.0543. The van der Waals surface area contributed by atoms with Crippen molar-refractivity contribution in [1.29, 1.82) is 0 Å². The fraction of sp³-hybridized carbons (Fsp3) is 0.667. The maximum Gasteiger partial charge on any atom is 0.259 e. The van der Waals surface area contributed by atoms with E-state index in [1.165, 1.54) is 0 Å². The maximum absolute atomic E-state index is 13.4. The second-order valence-corrected chi connectivity index (χ2v) is 9.39. The van der Waals surface area contributed by atoms with Crippen LogP contribution in [0.4, 0.5) is 0 Å². The number of nitrogens with zero attached hydrogens (tertiary/aromatic N) is 3. The lowest BCUT2D eigenvalue weighted by Gasteiger charge is -2.31. The molecule has 2 aliphatic rings. The number of likely N-dealkylation sites (tertiary alicyclic amines) is 1. The molecule has 0 unspecified atom stereocenters. The van der Waals surface area contributed by atoms with Crippen LogP contribution in [-0.2, 0) is 6.42 Å². The lowest BCUT2D eigenvalue weighted by Crippen LogP contribution is -2.40. The summed E-state index contributed by atoms with van der Waals surface area (Å²) in [6.07, 6.45) is 4.98. The number of piperidine rings is 1. The molecule has 2 N–H and O–H groups in total. The van der Waals surface area contributed by atoms with Crippen LogP contribution in [0.5, 0.6) is 0 Å². The summed E-state index contributed by atoms with van der Waals surface area (Å²) in [7, 11) is 0. The van der Waals surface area contributed by atoms with Crippen LogP contribution in [0.25, 0.3) is 11.1 Å². The van der Waals surface area contributed by atoms with E-state index >= 15 is 0 Å². The van der Waals surface area contributed by atoms with E-state index in [-0.39, 0.29) is 11.3 Å². The summed E-state index contributed by atoms with van der Waals surface area (Å²) < 4.78 is 5.58. The molecular weight excluding hydrogens is 340 g/mol. The molecule has 2 aromatic rings. The van der Waals surface area contributed by atoms with Gasteiger partial charge in [0.15, 0.2) is 0 Å². The van der Waals surface area contributed by atoms with Gasteiger partial charge in [-0.05, 0) is 56.0 Å². The molecule has 0 aromatic carbocycles. The summed E-state index contributed by atoms with van der Waals surface area (Å²) in [4.78, 5) is 20.1. The standard InChI is InChI=1S/C21H30N4O2/c1-21(2,3)11-17-18-15(20(26)25-8-6-13(12-22)7-9-25)10-16(14-4-5-14)23-19(18)27-24-17/h10,13-14H,4-9,11-12,22H2,1-3H3. The van der Waals surface area contributed by atoms with Gasteiger partial charge in [-0.1, -0.05) is 25.9 Å². The van der Waals surface area contributed by atoms with Crippen molar-refractivity contribution in [3.05, 3.63) is 23.0 Å². The Morgan fingerprint density at radius 2 is 1.96 bits per heavy atom. The predicted molar refractivity (Wildman–Crippen MR) is 105 cm³/mol. The number of aromatic nitrogens is 2. The van der Waals surface area contributed by atoms with Crippen LogP contribution in [0.1, 0.15) is 74.1 Å². The highest BCUT2D eigenvalue weighted by Gasteiger charge is 2.32. The number of hydrogen-bond acceptors (Lipinski definition) is 5. The molecule has 1 aliphatic heterocycles. The van der Waals surface area contributed by atoms with Gasteiger partial charge in [0.05, 0.1) is 16.6 Å². The SMILES string of the molecule is CC(C)(C)Cc1noc2nc(C3CC3)cc(C(=O)N3CCC(CN)CC3)c12. The van der Waals surface area contributed by atoms with Crippen molar-refractivity contribution in [3.8, 4) is 0 Å². The van der Waals surface area contributed by atoms with E-state index in [9.17, 15) is 4.79 Å². The summed E-state index contributed by atoms with van der Waals surface area (Å²) in [5.41, 5.74) is 8.90. The smallest absolute Gasteiger partial charge is 0.259 e. The van der Waals surface area contributed by atoms with Crippen LogP contribution in [0.2, 0.25) is 0 Å². The Labute approximate surface area is 160 Å². The minimum absolute atomic E-state index is 0.0543. The summed E-state index contributed by atoms with van der Waals surface area (Å²) in [5.74, 6) is 1.07. The Morgan fingerprint density at radius 3 is 2.56 bits per heavy atom. The van der Waals surface area contributed by atoms with Crippen LogP contribution < -0.4 is 5.73 Å². The third-order valence-electron chi connectivity index (χ3n) is 5.70. The number of nitrogens with two attached hydrogens (primary N) is 1. The maximum atomic E-state index is 13.4. The quantitative estimate of drug-likeness (QED) is 0.890. The van der Waals surface area contributed by atoms with Gasteiger partial charge in [-0.3, -0.25) is 4.79 Å². The molecule has 0 bridgehead atoms. The molecule has 27 heavy (non-hydrogen) atoms. The third kappa shape index (κ3) is 3.86. The molecule has 2 aromatic heterocycles. The number of carbonyl (C=O) groups excluding carboxylic acids is 1. The van der Waals surface area contributed by atoms with Crippen molar-refractivity contribution >= 4 is 17.0 Å². The monoisotopic (exact) mass is 370 g/mol. The van der Waals surface area contributed by atoms with Gasteiger partial charge in [-0.25, -0.2) is 4.98 Å². The van der Waals surface area contributed by atoms with Gasteiger partial charge in [0.1, 0.15) is 0 Å². The number of fused-ring (bicyclic) bond motifs is 1. The van der Waals surface area contributed by atoms with Gasteiger partial charge in [0, 0.05) is 24.7 Å². The molecule has 6 heteroatoms. The van der Waals surface area contributed by atoms with Crippen molar-refractivity contribution in [2.24, 2.45) is 17.1 Å². The highest BCUT2D eigenvalue weighted by molar-refractivity contribution is 6.06. The van der Waals surface area contributed by atoms with E-state index in [2.05, 4.69) is 30.9 Å². The average molecular weight is 370 g/mol. The highest BCUT2D eigenvalue weighted by Crippen LogP contribution is 2.41. The summed E-state index contributed by atoms with van der Waals surface area (Å²) in [5, 5.41) is 5.10. The second kappa shape index (κ2) is 6.89. The van der Waals surface area contributed by atoms with Gasteiger partial charge in [-0.15, -0.1) is 0 Å². The topological polar surface area (TPSA) is 85.2 Å². The van der Waals surface area contributed by atoms with Gasteiger partial charge >= 0.3 is 0 Å². The lowest BCUT2D eigenvalue weighted by molar-refractivity contribution is 0.0695. The van der Waals surface area contributed by atoms with E-state index in [0.29, 0.717) is 29.7 Å². The fourth-order valence-electron chi connectivity index (χ4n) is 3.95. The molecule has 0 radical (unpaired) electrons. The third-order valence-corrected chi connectivity index (χ3v) is 5.70. The number of carbonyl (C=O) groups is 1.